The molecule has 3 saturated carbocycles. The number of carbonyl (C=O) groups is 1. The van der Waals surface area contributed by atoms with Crippen LogP contribution in [0.5, 0.6) is 0 Å². The predicted octanol–water partition coefficient (Wildman–Crippen LogP) is 5.18. The fourth-order valence-corrected chi connectivity index (χ4v) is 5.51. The third-order valence-corrected chi connectivity index (χ3v) is 7.15. The van der Waals surface area contributed by atoms with Gasteiger partial charge in [-0.15, -0.1) is 0 Å². The molecule has 30 heavy (non-hydrogen) atoms. The second kappa shape index (κ2) is 5.97. The average Bonchev–Trinajstić information content (AvgIpc) is 3.05. The number of imidazole rings is 1. The Morgan fingerprint density at radius 3 is 2.57 bits per heavy atom. The molecule has 3 fully saturated rings. The van der Waals surface area contributed by atoms with Crippen molar-refractivity contribution in [1.29, 1.82) is 0 Å². The van der Waals surface area contributed by atoms with Crippen molar-refractivity contribution in [2.24, 2.45) is 10.9 Å². The quantitative estimate of drug-likeness (QED) is 0.570. The smallest absolute Gasteiger partial charge is 0.180 e. The van der Waals surface area contributed by atoms with Crippen LogP contribution in [0.15, 0.2) is 53.8 Å². The van der Waals surface area contributed by atoms with Crippen molar-refractivity contribution in [2.75, 3.05) is 0 Å². The number of fused-ring (bicyclic) bond motifs is 3. The van der Waals surface area contributed by atoms with E-state index in [1.165, 1.54) is 37.8 Å². The van der Waals surface area contributed by atoms with Gasteiger partial charge in [0.1, 0.15) is 17.8 Å². The lowest BCUT2D eigenvalue weighted by Gasteiger charge is -2.62. The lowest BCUT2D eigenvalue weighted by atomic mass is 9.42. The van der Waals surface area contributed by atoms with Gasteiger partial charge in [-0.3, -0.25) is 14.4 Å². The standard InChI is InChI=1S/C25H22FN3O/c1-14-24-22(15(2)30)27-13-29(24)21-8-7-17(25-10-16(11-25)12-25)9-19(21)23(28-14)18-5-3-4-6-20(18)26/h3-9,13-14,16H,10-12H2,1-2H3/t14-,16?,25?/m0/s1. The first-order valence-corrected chi connectivity index (χ1v) is 10.5. The number of Topliss-reactive ketones (excluding diaryl/α,β-unsaturated/α-hetero) is 1. The second-order valence-corrected chi connectivity index (χ2v) is 9.03. The lowest BCUT2D eigenvalue weighted by Crippen LogP contribution is -2.55. The van der Waals surface area contributed by atoms with Gasteiger partial charge < -0.3 is 0 Å². The van der Waals surface area contributed by atoms with Crippen molar-refractivity contribution in [3.8, 4) is 5.69 Å². The summed E-state index contributed by atoms with van der Waals surface area (Å²) in [4.78, 5) is 21.5. The maximum atomic E-state index is 14.9. The molecule has 3 aliphatic carbocycles. The number of aromatic nitrogens is 2. The van der Waals surface area contributed by atoms with Crippen LogP contribution in [0.3, 0.4) is 0 Å². The van der Waals surface area contributed by atoms with Gasteiger partial charge in [0, 0.05) is 18.1 Å². The molecule has 1 aliphatic heterocycles. The Morgan fingerprint density at radius 1 is 1.13 bits per heavy atom. The largest absolute Gasteiger partial charge is 0.300 e. The minimum atomic E-state index is -0.327. The van der Waals surface area contributed by atoms with Crippen molar-refractivity contribution in [1.82, 2.24) is 9.55 Å². The zero-order valence-electron chi connectivity index (χ0n) is 17.0. The summed E-state index contributed by atoms with van der Waals surface area (Å²) in [6.45, 7) is 3.46. The summed E-state index contributed by atoms with van der Waals surface area (Å²) < 4.78 is 16.8. The summed E-state index contributed by atoms with van der Waals surface area (Å²) in [5.41, 5.74) is 5.72. The van der Waals surface area contributed by atoms with Crippen LogP contribution in [0.4, 0.5) is 4.39 Å². The van der Waals surface area contributed by atoms with Gasteiger partial charge in [-0.25, -0.2) is 9.37 Å². The third-order valence-electron chi connectivity index (χ3n) is 7.15. The molecule has 7 rings (SSSR count). The first kappa shape index (κ1) is 17.8. The van der Waals surface area contributed by atoms with Crippen molar-refractivity contribution in [3.05, 3.63) is 82.7 Å². The van der Waals surface area contributed by atoms with E-state index < -0.39 is 0 Å². The molecule has 3 aromatic rings. The molecule has 4 nitrogen and oxygen atoms in total. The van der Waals surface area contributed by atoms with Crippen LogP contribution >= 0.6 is 0 Å². The number of rotatable bonds is 3. The van der Waals surface area contributed by atoms with Gasteiger partial charge in [-0.05, 0) is 67.3 Å². The van der Waals surface area contributed by atoms with Gasteiger partial charge in [-0.1, -0.05) is 18.2 Å². The Bertz CT molecular complexity index is 1240. The predicted molar refractivity (Wildman–Crippen MR) is 113 cm³/mol. The fourth-order valence-electron chi connectivity index (χ4n) is 5.51. The van der Waals surface area contributed by atoms with Crippen LogP contribution in [0.1, 0.15) is 72.0 Å². The Balaban J connectivity index is 1.63. The van der Waals surface area contributed by atoms with Gasteiger partial charge in [-0.2, -0.15) is 0 Å². The van der Waals surface area contributed by atoms with E-state index in [9.17, 15) is 9.18 Å². The maximum Gasteiger partial charge on any atom is 0.180 e. The molecule has 5 heteroatoms. The first-order valence-electron chi connectivity index (χ1n) is 10.5. The highest BCUT2D eigenvalue weighted by Gasteiger charge is 2.57. The second-order valence-electron chi connectivity index (χ2n) is 9.03. The van der Waals surface area contributed by atoms with Gasteiger partial charge in [0.25, 0.3) is 0 Å². The molecule has 2 heterocycles. The lowest BCUT2D eigenvalue weighted by molar-refractivity contribution is -0.0274. The molecule has 150 valence electrons. The highest BCUT2D eigenvalue weighted by atomic mass is 19.1. The zero-order valence-corrected chi connectivity index (χ0v) is 17.0. The minimum absolute atomic E-state index is 0.0906. The molecule has 0 saturated heterocycles. The first-order chi connectivity index (χ1) is 14.5. The van der Waals surface area contributed by atoms with Crippen molar-refractivity contribution in [3.63, 3.8) is 0 Å². The number of carbonyl (C=O) groups excluding carboxylic acids is 1. The molecule has 0 unspecified atom stereocenters. The molecule has 0 spiro atoms. The summed E-state index contributed by atoms with van der Waals surface area (Å²) in [5.74, 6) is 0.496. The molecular weight excluding hydrogens is 377 g/mol. The minimum Gasteiger partial charge on any atom is -0.300 e. The molecule has 0 N–H and O–H groups in total. The highest BCUT2D eigenvalue weighted by Crippen LogP contribution is 2.65. The SMILES string of the molecule is CC(=O)c1ncn2c1[C@H](C)N=C(c1ccccc1F)c1cc(C34CC(C3)C4)ccc1-2. The number of aliphatic imine (C=N–C) groups is 1. The third kappa shape index (κ3) is 2.29. The van der Waals surface area contributed by atoms with Crippen LogP contribution in [-0.2, 0) is 5.41 Å². The monoisotopic (exact) mass is 399 g/mol. The van der Waals surface area contributed by atoms with E-state index in [0.717, 1.165) is 22.9 Å². The van der Waals surface area contributed by atoms with E-state index in [4.69, 9.17) is 4.99 Å². The molecule has 0 radical (unpaired) electrons. The fraction of sp³-hybridized carbons (Fsp3) is 0.320. The van der Waals surface area contributed by atoms with Crippen molar-refractivity contribution < 1.29 is 9.18 Å². The molecule has 1 aromatic heterocycles. The Hall–Kier alpha value is -3.08. The Morgan fingerprint density at radius 2 is 1.90 bits per heavy atom. The van der Waals surface area contributed by atoms with Gasteiger partial charge in [0.05, 0.1) is 23.1 Å². The van der Waals surface area contributed by atoms with Crippen LogP contribution < -0.4 is 0 Å². The normalized spacial score (nSPS) is 25.9. The molecular formula is C25H22FN3O. The number of hydrogen-bond donors (Lipinski definition) is 0. The number of halogens is 1. The van der Waals surface area contributed by atoms with Gasteiger partial charge >= 0.3 is 0 Å². The number of hydrogen-bond acceptors (Lipinski definition) is 3. The average molecular weight is 399 g/mol. The summed E-state index contributed by atoms with van der Waals surface area (Å²) in [6, 6.07) is 12.9. The summed E-state index contributed by atoms with van der Waals surface area (Å²) in [6.07, 6.45) is 5.44. The summed E-state index contributed by atoms with van der Waals surface area (Å²) >= 11 is 0. The maximum absolute atomic E-state index is 14.9. The topological polar surface area (TPSA) is 47.2 Å². The Kier molecular flexibility index (Phi) is 3.53. The molecule has 2 bridgehead atoms. The van der Waals surface area contributed by atoms with Crippen LogP contribution in [0.25, 0.3) is 5.69 Å². The molecule has 1 atom stereocenters. The number of nitrogens with zero attached hydrogens (tertiary/aromatic N) is 3. The van der Waals surface area contributed by atoms with Crippen LogP contribution in [0.2, 0.25) is 0 Å². The summed E-state index contributed by atoms with van der Waals surface area (Å²) in [5, 5.41) is 0. The van der Waals surface area contributed by atoms with E-state index in [2.05, 4.69) is 23.2 Å². The van der Waals surface area contributed by atoms with Gasteiger partial charge in [0.15, 0.2) is 5.78 Å². The van der Waals surface area contributed by atoms with Gasteiger partial charge in [0.2, 0.25) is 0 Å². The number of ketones is 1. The van der Waals surface area contributed by atoms with E-state index in [1.807, 2.05) is 17.6 Å². The molecule has 2 aromatic carbocycles. The van der Waals surface area contributed by atoms with E-state index in [1.54, 1.807) is 18.5 Å². The van der Waals surface area contributed by atoms with Crippen LogP contribution in [0, 0.1) is 11.7 Å². The van der Waals surface area contributed by atoms with E-state index >= 15 is 0 Å². The Labute approximate surface area is 174 Å². The van der Waals surface area contributed by atoms with E-state index in [0.29, 0.717) is 22.4 Å². The van der Waals surface area contributed by atoms with Crippen molar-refractivity contribution in [2.45, 2.75) is 44.6 Å². The summed E-state index contributed by atoms with van der Waals surface area (Å²) in [7, 11) is 0. The zero-order chi connectivity index (χ0) is 20.6. The number of benzene rings is 2. The van der Waals surface area contributed by atoms with Crippen LogP contribution in [-0.4, -0.2) is 21.0 Å². The molecule has 0 amide bonds. The highest BCUT2D eigenvalue weighted by molar-refractivity contribution is 6.15. The molecule has 4 aliphatic rings. The van der Waals surface area contributed by atoms with E-state index in [-0.39, 0.29) is 17.6 Å². The van der Waals surface area contributed by atoms with Crippen molar-refractivity contribution >= 4 is 11.5 Å².